The Balaban J connectivity index is 2.04. The Morgan fingerprint density at radius 3 is 2.68 bits per heavy atom. The van der Waals surface area contributed by atoms with Crippen LogP contribution in [0.1, 0.15) is 40.5 Å². The number of anilines is 1. The van der Waals surface area contributed by atoms with Crippen LogP contribution in [0.5, 0.6) is 0 Å². The number of fused-ring (bicyclic) bond motifs is 1. The molecule has 1 aromatic heterocycles. The maximum Gasteiger partial charge on any atom is 0.169 e. The number of halogens is 1. The summed E-state index contributed by atoms with van der Waals surface area (Å²) in [7, 11) is 0. The van der Waals surface area contributed by atoms with Gasteiger partial charge in [-0.05, 0) is 29.9 Å². The molecule has 0 saturated heterocycles. The number of aromatic nitrogens is 2. The van der Waals surface area contributed by atoms with Crippen molar-refractivity contribution >= 4 is 23.2 Å². The number of nitrogens with one attached hydrogen (secondary N) is 1. The maximum absolute atomic E-state index is 12.7. The number of nitrogens with zero attached hydrogens (tertiary/aromatic N) is 3. The Kier molecular flexibility index (Phi) is 3.73. The standard InChI is InChI=1S/C16H21ClN4O/c1-9(2)15-14-10(7-16(3,4)8-11(14)22)20-21(15)13-6-5-12(17)18-19-13/h5-6,9-10,20H,7-8H2,1-4H3. The molecule has 22 heavy (non-hydrogen) atoms. The Hall–Kier alpha value is -1.46. The van der Waals surface area contributed by atoms with E-state index in [-0.39, 0.29) is 23.2 Å². The summed E-state index contributed by atoms with van der Waals surface area (Å²) in [5.74, 6) is 1.12. The molecule has 5 nitrogen and oxygen atoms in total. The molecule has 2 aliphatic rings. The molecule has 1 atom stereocenters. The summed E-state index contributed by atoms with van der Waals surface area (Å²) >= 11 is 5.82. The first-order chi connectivity index (χ1) is 10.3. The first kappa shape index (κ1) is 15.4. The highest BCUT2D eigenvalue weighted by molar-refractivity contribution is 6.29. The van der Waals surface area contributed by atoms with Gasteiger partial charge in [-0.15, -0.1) is 10.2 Å². The van der Waals surface area contributed by atoms with Crippen molar-refractivity contribution < 1.29 is 4.79 Å². The van der Waals surface area contributed by atoms with Crippen LogP contribution in [0.25, 0.3) is 0 Å². The zero-order chi connectivity index (χ0) is 16.1. The number of hydrazine groups is 1. The van der Waals surface area contributed by atoms with Gasteiger partial charge in [0.1, 0.15) is 0 Å². The molecule has 1 aromatic rings. The number of Topliss-reactive ketones (excluding diaryl/α,β-unsaturated/α-hetero) is 1. The first-order valence-electron chi connectivity index (χ1n) is 7.61. The predicted molar refractivity (Wildman–Crippen MR) is 86.3 cm³/mol. The molecule has 0 spiro atoms. The highest BCUT2D eigenvalue weighted by Gasteiger charge is 2.44. The number of allylic oxidation sites excluding steroid dienone is 1. The van der Waals surface area contributed by atoms with Gasteiger partial charge in [-0.2, -0.15) is 0 Å². The lowest BCUT2D eigenvalue weighted by atomic mass is 9.72. The van der Waals surface area contributed by atoms with Gasteiger partial charge in [0, 0.05) is 17.7 Å². The van der Waals surface area contributed by atoms with Crippen molar-refractivity contribution in [2.24, 2.45) is 11.3 Å². The third-order valence-electron chi connectivity index (χ3n) is 4.24. The van der Waals surface area contributed by atoms with Crippen molar-refractivity contribution in [1.82, 2.24) is 15.6 Å². The van der Waals surface area contributed by atoms with Crippen LogP contribution in [-0.4, -0.2) is 22.0 Å². The number of carbonyl (C=O) groups is 1. The van der Waals surface area contributed by atoms with E-state index in [1.54, 1.807) is 6.07 Å². The van der Waals surface area contributed by atoms with Crippen LogP contribution in [-0.2, 0) is 4.79 Å². The van der Waals surface area contributed by atoms with Crippen LogP contribution >= 0.6 is 11.6 Å². The van der Waals surface area contributed by atoms with Crippen LogP contribution in [0.2, 0.25) is 5.15 Å². The Morgan fingerprint density at radius 2 is 2.09 bits per heavy atom. The zero-order valence-electron chi connectivity index (χ0n) is 13.4. The average molecular weight is 321 g/mol. The predicted octanol–water partition coefficient (Wildman–Crippen LogP) is 3.12. The molecule has 0 radical (unpaired) electrons. The Labute approximate surface area is 135 Å². The summed E-state index contributed by atoms with van der Waals surface area (Å²) < 4.78 is 0. The number of hydrogen-bond donors (Lipinski definition) is 1. The molecule has 0 amide bonds. The fourth-order valence-corrected chi connectivity index (χ4v) is 3.52. The quantitative estimate of drug-likeness (QED) is 0.907. The van der Waals surface area contributed by atoms with Gasteiger partial charge in [-0.1, -0.05) is 39.3 Å². The largest absolute Gasteiger partial charge is 0.294 e. The fourth-order valence-electron chi connectivity index (χ4n) is 3.42. The van der Waals surface area contributed by atoms with E-state index in [9.17, 15) is 4.79 Å². The first-order valence-corrected chi connectivity index (χ1v) is 7.99. The summed E-state index contributed by atoms with van der Waals surface area (Å²) in [5, 5.41) is 10.3. The van der Waals surface area contributed by atoms with Gasteiger partial charge in [0.2, 0.25) is 0 Å². The van der Waals surface area contributed by atoms with Crippen LogP contribution < -0.4 is 10.4 Å². The third-order valence-corrected chi connectivity index (χ3v) is 4.44. The smallest absolute Gasteiger partial charge is 0.169 e. The molecule has 0 aromatic carbocycles. The summed E-state index contributed by atoms with van der Waals surface area (Å²) in [4.78, 5) is 12.7. The van der Waals surface area contributed by atoms with Crippen LogP contribution in [0, 0.1) is 11.3 Å². The van der Waals surface area contributed by atoms with Crippen molar-refractivity contribution in [3.8, 4) is 0 Å². The molecular formula is C16H21ClN4O. The van der Waals surface area contributed by atoms with Gasteiger partial charge < -0.3 is 0 Å². The van der Waals surface area contributed by atoms with E-state index in [0.717, 1.165) is 17.7 Å². The Morgan fingerprint density at radius 1 is 1.36 bits per heavy atom. The lowest BCUT2D eigenvalue weighted by Gasteiger charge is -2.33. The van der Waals surface area contributed by atoms with Gasteiger partial charge >= 0.3 is 0 Å². The molecule has 3 rings (SSSR count). The SMILES string of the molecule is CC(C)C1=C2C(=O)CC(C)(C)CC2NN1c1ccc(Cl)nn1. The van der Waals surface area contributed by atoms with Gasteiger partial charge in [-0.25, -0.2) is 5.43 Å². The normalized spacial score (nSPS) is 24.2. The summed E-state index contributed by atoms with van der Waals surface area (Å²) in [6.07, 6.45) is 1.53. The van der Waals surface area contributed by atoms with Crippen molar-refractivity contribution in [1.29, 1.82) is 0 Å². The molecule has 1 unspecified atom stereocenters. The van der Waals surface area contributed by atoms with Gasteiger partial charge in [0.25, 0.3) is 0 Å². The van der Waals surface area contributed by atoms with Crippen molar-refractivity contribution in [2.75, 3.05) is 5.01 Å². The number of carbonyl (C=O) groups excluding carboxylic acids is 1. The monoisotopic (exact) mass is 320 g/mol. The maximum atomic E-state index is 12.7. The van der Waals surface area contributed by atoms with Crippen molar-refractivity contribution in [3.63, 3.8) is 0 Å². The topological polar surface area (TPSA) is 58.1 Å². The number of ketones is 1. The number of rotatable bonds is 2. The molecule has 0 bridgehead atoms. The van der Waals surface area contributed by atoms with Crippen LogP contribution in [0.3, 0.4) is 0 Å². The van der Waals surface area contributed by atoms with Gasteiger partial charge in [0.15, 0.2) is 16.8 Å². The van der Waals surface area contributed by atoms with E-state index in [4.69, 9.17) is 11.6 Å². The molecule has 1 N–H and O–H groups in total. The molecule has 6 heteroatoms. The second-order valence-electron chi connectivity index (χ2n) is 7.15. The lowest BCUT2D eigenvalue weighted by Crippen LogP contribution is -2.43. The molecule has 1 aliphatic carbocycles. The third kappa shape index (κ3) is 2.63. The van der Waals surface area contributed by atoms with Gasteiger partial charge in [0.05, 0.1) is 6.04 Å². The fraction of sp³-hybridized carbons (Fsp3) is 0.562. The van der Waals surface area contributed by atoms with E-state index in [1.165, 1.54) is 0 Å². The van der Waals surface area contributed by atoms with Crippen molar-refractivity contribution in [3.05, 3.63) is 28.6 Å². The minimum Gasteiger partial charge on any atom is -0.294 e. The summed E-state index contributed by atoms with van der Waals surface area (Å²) in [6, 6.07) is 3.58. The van der Waals surface area contributed by atoms with Crippen molar-refractivity contribution in [2.45, 2.75) is 46.6 Å². The van der Waals surface area contributed by atoms with E-state index < -0.39 is 0 Å². The zero-order valence-corrected chi connectivity index (χ0v) is 14.1. The molecule has 1 saturated carbocycles. The minimum atomic E-state index is 0.0159. The molecule has 2 heterocycles. The second kappa shape index (κ2) is 5.32. The van der Waals surface area contributed by atoms with Crippen LogP contribution in [0.15, 0.2) is 23.4 Å². The highest BCUT2D eigenvalue weighted by Crippen LogP contribution is 2.42. The van der Waals surface area contributed by atoms with E-state index in [1.807, 2.05) is 11.1 Å². The van der Waals surface area contributed by atoms with E-state index in [2.05, 4.69) is 43.3 Å². The summed E-state index contributed by atoms with van der Waals surface area (Å²) in [6.45, 7) is 8.47. The summed E-state index contributed by atoms with van der Waals surface area (Å²) in [5.41, 5.74) is 5.37. The molecule has 1 fully saturated rings. The van der Waals surface area contributed by atoms with E-state index in [0.29, 0.717) is 17.4 Å². The lowest BCUT2D eigenvalue weighted by molar-refractivity contribution is -0.119. The van der Waals surface area contributed by atoms with E-state index >= 15 is 0 Å². The molecular weight excluding hydrogens is 300 g/mol. The molecule has 118 valence electrons. The number of hydrogen-bond acceptors (Lipinski definition) is 5. The second-order valence-corrected chi connectivity index (χ2v) is 7.54. The highest BCUT2D eigenvalue weighted by atomic mass is 35.5. The van der Waals surface area contributed by atoms with Crippen LogP contribution in [0.4, 0.5) is 5.82 Å². The average Bonchev–Trinajstić information content (AvgIpc) is 2.77. The van der Waals surface area contributed by atoms with Gasteiger partial charge in [-0.3, -0.25) is 9.80 Å². The minimum absolute atomic E-state index is 0.0159. The Bertz CT molecular complexity index is 636. The molecule has 1 aliphatic heterocycles.